The molecule has 1 saturated heterocycles. The molecule has 3 aromatic rings. The number of carbonyl (C=O) groups excluding carboxylic acids is 3. The fraction of sp³-hybridized carbons (Fsp3) is 0.174. The number of benzene rings is 2. The highest BCUT2D eigenvalue weighted by atomic mass is 19.1. The highest BCUT2D eigenvalue weighted by Gasteiger charge is 2.50. The summed E-state index contributed by atoms with van der Waals surface area (Å²) in [5.74, 6) is -3.97. The number of hydrogen-bond acceptors (Lipinski definition) is 9. The Morgan fingerprint density at radius 1 is 1.17 bits per heavy atom. The maximum atomic E-state index is 13.3. The van der Waals surface area contributed by atoms with Crippen molar-refractivity contribution in [3.63, 3.8) is 0 Å². The molecule has 0 radical (unpaired) electrons. The minimum absolute atomic E-state index is 0.0191. The average Bonchev–Trinajstić information content (AvgIpc) is 3.04. The third-order valence-corrected chi connectivity index (χ3v) is 5.42. The van der Waals surface area contributed by atoms with Gasteiger partial charge in [0.05, 0.1) is 12.6 Å². The lowest BCUT2D eigenvalue weighted by atomic mass is 9.92. The van der Waals surface area contributed by atoms with Gasteiger partial charge in [-0.25, -0.2) is 9.18 Å². The van der Waals surface area contributed by atoms with Crippen molar-refractivity contribution in [2.24, 2.45) is 0 Å². The number of halogens is 1. The van der Waals surface area contributed by atoms with Crippen LogP contribution in [0, 0.1) is 17.1 Å². The van der Waals surface area contributed by atoms with Crippen molar-refractivity contribution in [1.29, 1.82) is 5.26 Å². The molecule has 2 aromatic carbocycles. The van der Waals surface area contributed by atoms with Gasteiger partial charge in [-0.1, -0.05) is 30.3 Å². The maximum Gasteiger partial charge on any atom is 0.325 e. The number of nitrogens with two attached hydrogens (primary N) is 1. The Labute approximate surface area is 198 Å². The quantitative estimate of drug-likeness (QED) is 0.434. The van der Waals surface area contributed by atoms with Crippen LogP contribution >= 0.6 is 0 Å². The number of nitrogens with zero attached hydrogens (tertiary/aromatic N) is 5. The van der Waals surface area contributed by atoms with Gasteiger partial charge in [0.25, 0.3) is 5.91 Å². The predicted octanol–water partition coefficient (Wildman–Crippen LogP) is 1.98. The van der Waals surface area contributed by atoms with E-state index < -0.39 is 41.5 Å². The number of nitrogens with one attached hydrogen (secondary N) is 2. The van der Waals surface area contributed by atoms with Crippen molar-refractivity contribution >= 4 is 35.3 Å². The largest absolute Gasteiger partial charge is 0.368 e. The number of anilines is 3. The van der Waals surface area contributed by atoms with Crippen LogP contribution in [0.2, 0.25) is 0 Å². The number of hydrogen-bond donors (Lipinski definition) is 3. The van der Waals surface area contributed by atoms with Crippen LogP contribution in [0.1, 0.15) is 24.2 Å². The monoisotopic (exact) mass is 474 g/mol. The van der Waals surface area contributed by atoms with Gasteiger partial charge in [0, 0.05) is 5.69 Å². The summed E-state index contributed by atoms with van der Waals surface area (Å²) in [6.45, 7) is 0.744. The second-order valence-corrected chi connectivity index (χ2v) is 7.85. The zero-order chi connectivity index (χ0) is 25.2. The van der Waals surface area contributed by atoms with E-state index in [1.165, 1.54) is 19.1 Å². The number of amides is 3. The Morgan fingerprint density at radius 3 is 2.51 bits per heavy atom. The molecule has 176 valence electrons. The van der Waals surface area contributed by atoms with E-state index in [-0.39, 0.29) is 17.7 Å². The van der Waals surface area contributed by atoms with E-state index in [0.717, 1.165) is 12.1 Å². The smallest absolute Gasteiger partial charge is 0.325 e. The summed E-state index contributed by atoms with van der Waals surface area (Å²) >= 11 is 0. The van der Waals surface area contributed by atoms with Crippen LogP contribution in [0.4, 0.5) is 26.8 Å². The van der Waals surface area contributed by atoms with Crippen molar-refractivity contribution in [3.05, 3.63) is 71.8 Å². The molecule has 2 heterocycles. The molecule has 35 heavy (non-hydrogen) atoms. The van der Waals surface area contributed by atoms with Gasteiger partial charge in [-0.05, 0) is 36.8 Å². The zero-order valence-corrected chi connectivity index (χ0v) is 18.4. The minimum Gasteiger partial charge on any atom is -0.368 e. The molecule has 1 aliphatic rings. The average molecular weight is 474 g/mol. The molecule has 1 aromatic heterocycles. The number of rotatable bonds is 7. The van der Waals surface area contributed by atoms with E-state index in [1.807, 2.05) is 6.07 Å². The van der Waals surface area contributed by atoms with Gasteiger partial charge in [0.1, 0.15) is 11.4 Å². The standard InChI is InChI=1S/C23H19FN8O3/c1-23(13-7-9-14(24)10-8-13)19(34)32(22(35)31-23)12-17(33)16(11-25)18-28-20(26)30-21(29-18)27-15-5-3-2-4-6-15/h2-10,16H,12H2,1H3,(H,31,35)(H3,26,27,28,29,30). The minimum atomic E-state index is -1.52. The summed E-state index contributed by atoms with van der Waals surface area (Å²) < 4.78 is 13.3. The van der Waals surface area contributed by atoms with E-state index in [2.05, 4.69) is 25.6 Å². The number of aromatic nitrogens is 3. The number of ketones is 1. The first-order chi connectivity index (χ1) is 16.7. The summed E-state index contributed by atoms with van der Waals surface area (Å²) in [5, 5.41) is 15.1. The maximum absolute atomic E-state index is 13.3. The second kappa shape index (κ2) is 9.14. The van der Waals surface area contributed by atoms with Crippen LogP contribution in [0.15, 0.2) is 54.6 Å². The number of urea groups is 1. The van der Waals surface area contributed by atoms with Crippen LogP contribution in [-0.2, 0) is 15.1 Å². The first-order valence-electron chi connectivity index (χ1n) is 10.4. The van der Waals surface area contributed by atoms with Gasteiger partial charge < -0.3 is 16.4 Å². The lowest BCUT2D eigenvalue weighted by Crippen LogP contribution is -2.42. The number of Topliss-reactive ketones (excluding diaryl/α,β-unsaturated/α-hetero) is 1. The molecular formula is C23H19FN8O3. The summed E-state index contributed by atoms with van der Waals surface area (Å²) in [5.41, 5.74) is 5.22. The molecule has 1 fully saturated rings. The molecule has 11 nitrogen and oxygen atoms in total. The highest BCUT2D eigenvalue weighted by molar-refractivity contribution is 6.10. The van der Waals surface area contributed by atoms with Crippen LogP contribution in [0.5, 0.6) is 0 Å². The molecule has 2 atom stereocenters. The Bertz CT molecular complexity index is 1340. The van der Waals surface area contributed by atoms with Gasteiger partial charge in [-0.2, -0.15) is 20.2 Å². The van der Waals surface area contributed by atoms with E-state index in [1.54, 1.807) is 30.3 Å². The number of nitriles is 1. The SMILES string of the molecule is CC1(c2ccc(F)cc2)NC(=O)N(CC(=O)C(C#N)c2nc(N)nc(Nc3ccccc3)n2)C1=O. The third-order valence-electron chi connectivity index (χ3n) is 5.42. The second-order valence-electron chi connectivity index (χ2n) is 7.85. The molecule has 0 spiro atoms. The van der Waals surface area contributed by atoms with E-state index in [4.69, 9.17) is 5.73 Å². The Morgan fingerprint density at radius 2 is 1.86 bits per heavy atom. The number of imide groups is 1. The lowest BCUT2D eigenvalue weighted by molar-refractivity contribution is -0.134. The van der Waals surface area contributed by atoms with E-state index >= 15 is 0 Å². The normalized spacial score (nSPS) is 18.0. The molecule has 1 aliphatic heterocycles. The first kappa shape index (κ1) is 23.2. The van der Waals surface area contributed by atoms with Crippen LogP contribution < -0.4 is 16.4 Å². The third kappa shape index (κ3) is 4.60. The number of nitrogen functional groups attached to an aromatic ring is 1. The zero-order valence-electron chi connectivity index (χ0n) is 18.4. The van der Waals surface area contributed by atoms with Gasteiger partial charge >= 0.3 is 6.03 Å². The molecule has 0 saturated carbocycles. The Hall–Kier alpha value is -4.92. The van der Waals surface area contributed by atoms with Crippen molar-refractivity contribution in [1.82, 2.24) is 25.2 Å². The van der Waals surface area contributed by atoms with Crippen LogP contribution in [0.25, 0.3) is 0 Å². The summed E-state index contributed by atoms with van der Waals surface area (Å²) in [7, 11) is 0. The number of para-hydroxylation sites is 1. The lowest BCUT2D eigenvalue weighted by Gasteiger charge is -2.22. The summed E-state index contributed by atoms with van der Waals surface area (Å²) in [6.07, 6.45) is 0. The molecule has 0 aliphatic carbocycles. The molecule has 12 heteroatoms. The van der Waals surface area contributed by atoms with Crippen LogP contribution in [-0.4, -0.2) is 44.1 Å². The Kier molecular flexibility index (Phi) is 6.07. The van der Waals surface area contributed by atoms with Crippen molar-refractivity contribution in [2.75, 3.05) is 17.6 Å². The fourth-order valence-electron chi connectivity index (χ4n) is 3.59. The fourth-order valence-corrected chi connectivity index (χ4v) is 3.59. The Balaban J connectivity index is 1.55. The van der Waals surface area contributed by atoms with Crippen molar-refractivity contribution in [3.8, 4) is 6.07 Å². The summed E-state index contributed by atoms with van der Waals surface area (Å²) in [4.78, 5) is 51.3. The van der Waals surface area contributed by atoms with Crippen LogP contribution in [0.3, 0.4) is 0 Å². The van der Waals surface area contributed by atoms with Crippen molar-refractivity contribution < 1.29 is 18.8 Å². The van der Waals surface area contributed by atoms with E-state index in [9.17, 15) is 24.0 Å². The molecule has 3 amide bonds. The topological polar surface area (TPSA) is 167 Å². The molecule has 2 unspecified atom stereocenters. The van der Waals surface area contributed by atoms with Gasteiger partial charge in [0.2, 0.25) is 11.9 Å². The highest BCUT2D eigenvalue weighted by Crippen LogP contribution is 2.29. The van der Waals surface area contributed by atoms with Gasteiger partial charge in [-0.15, -0.1) is 0 Å². The summed E-state index contributed by atoms with van der Waals surface area (Å²) in [6, 6.07) is 14.9. The van der Waals surface area contributed by atoms with Gasteiger partial charge in [-0.3, -0.25) is 14.5 Å². The van der Waals surface area contributed by atoms with Crippen molar-refractivity contribution in [2.45, 2.75) is 18.4 Å². The van der Waals surface area contributed by atoms with E-state index in [0.29, 0.717) is 16.2 Å². The number of carbonyl (C=O) groups is 3. The molecule has 4 N–H and O–H groups in total. The predicted molar refractivity (Wildman–Crippen MR) is 121 cm³/mol. The first-order valence-corrected chi connectivity index (χ1v) is 10.4. The molecule has 4 rings (SSSR count). The van der Waals surface area contributed by atoms with Gasteiger partial charge in [0.15, 0.2) is 17.5 Å². The molecular weight excluding hydrogens is 455 g/mol. The molecule has 0 bridgehead atoms.